The molecule has 5 rings (SSSR count). The number of benzene rings is 4. The summed E-state index contributed by atoms with van der Waals surface area (Å²) in [5.74, 6) is -0.192. The Kier molecular flexibility index (Phi) is 3.43. The van der Waals surface area contributed by atoms with Crippen LogP contribution in [0.5, 0.6) is 0 Å². The van der Waals surface area contributed by atoms with Crippen LogP contribution in [0.25, 0.3) is 21.5 Å². The standard InChI is InChI=1S/C22H10Br2O2/c23-15-3-1-11-7-17-19(9-13(11)5-15)22(26)18-8-12-2-4-16(24)6-14(12)10-20(18)21(17)25/h1-10H. The van der Waals surface area contributed by atoms with E-state index in [1.54, 1.807) is 0 Å². The second-order valence-electron chi connectivity index (χ2n) is 6.44. The molecule has 124 valence electrons. The van der Waals surface area contributed by atoms with Crippen molar-refractivity contribution in [2.45, 2.75) is 0 Å². The van der Waals surface area contributed by atoms with Crippen LogP contribution in [0.1, 0.15) is 31.8 Å². The topological polar surface area (TPSA) is 34.1 Å². The van der Waals surface area contributed by atoms with Crippen molar-refractivity contribution in [1.29, 1.82) is 0 Å². The first-order valence-electron chi connectivity index (χ1n) is 8.07. The van der Waals surface area contributed by atoms with E-state index in [4.69, 9.17) is 0 Å². The number of halogens is 2. The van der Waals surface area contributed by atoms with Gasteiger partial charge in [0.25, 0.3) is 0 Å². The second kappa shape index (κ2) is 5.60. The third kappa shape index (κ3) is 2.29. The van der Waals surface area contributed by atoms with Gasteiger partial charge in [0, 0.05) is 31.2 Å². The summed E-state index contributed by atoms with van der Waals surface area (Å²) in [6, 6.07) is 19.0. The fourth-order valence-electron chi connectivity index (χ4n) is 3.58. The van der Waals surface area contributed by atoms with E-state index in [0.29, 0.717) is 22.3 Å². The Hall–Kier alpha value is -2.30. The molecule has 1 aliphatic carbocycles. The SMILES string of the molecule is O=C1c2cc3ccc(Br)cc3cc2C(=O)c2cc3ccc(Br)cc3cc21. The minimum atomic E-state index is -0.0960. The van der Waals surface area contributed by atoms with Crippen LogP contribution in [-0.2, 0) is 0 Å². The van der Waals surface area contributed by atoms with Gasteiger partial charge in [-0.25, -0.2) is 0 Å². The van der Waals surface area contributed by atoms with E-state index in [9.17, 15) is 9.59 Å². The fraction of sp³-hybridized carbons (Fsp3) is 0. The Balaban J connectivity index is 1.81. The molecule has 0 bridgehead atoms. The van der Waals surface area contributed by atoms with Crippen LogP contribution in [-0.4, -0.2) is 11.6 Å². The molecule has 0 atom stereocenters. The van der Waals surface area contributed by atoms with Crippen molar-refractivity contribution < 1.29 is 9.59 Å². The molecule has 0 saturated heterocycles. The van der Waals surface area contributed by atoms with E-state index in [-0.39, 0.29) is 11.6 Å². The number of rotatable bonds is 0. The summed E-state index contributed by atoms with van der Waals surface area (Å²) in [7, 11) is 0. The summed E-state index contributed by atoms with van der Waals surface area (Å²) in [4.78, 5) is 26.2. The molecule has 0 saturated carbocycles. The van der Waals surface area contributed by atoms with Crippen LogP contribution >= 0.6 is 31.9 Å². The van der Waals surface area contributed by atoms with Crippen molar-refractivity contribution in [3.05, 3.63) is 91.9 Å². The number of ketones is 2. The number of hydrogen-bond donors (Lipinski definition) is 0. The molecule has 0 amide bonds. The lowest BCUT2D eigenvalue weighted by atomic mass is 9.81. The highest BCUT2D eigenvalue weighted by atomic mass is 79.9. The summed E-state index contributed by atoms with van der Waals surface area (Å²) in [5, 5.41) is 3.76. The van der Waals surface area contributed by atoms with Gasteiger partial charge in [0.05, 0.1) is 0 Å². The zero-order valence-electron chi connectivity index (χ0n) is 13.3. The quantitative estimate of drug-likeness (QED) is 0.269. The molecule has 26 heavy (non-hydrogen) atoms. The third-order valence-electron chi connectivity index (χ3n) is 4.86. The monoisotopic (exact) mass is 464 g/mol. The minimum absolute atomic E-state index is 0.0960. The highest BCUT2D eigenvalue weighted by molar-refractivity contribution is 9.10. The van der Waals surface area contributed by atoms with E-state index in [0.717, 1.165) is 30.5 Å². The number of carbonyl (C=O) groups excluding carboxylic acids is 2. The van der Waals surface area contributed by atoms with Crippen molar-refractivity contribution in [3.8, 4) is 0 Å². The first kappa shape index (κ1) is 15.9. The van der Waals surface area contributed by atoms with Gasteiger partial charge in [-0.1, -0.05) is 44.0 Å². The molecule has 0 aromatic heterocycles. The molecule has 0 N–H and O–H groups in total. The zero-order chi connectivity index (χ0) is 18.0. The predicted octanol–water partition coefficient (Wildman–Crippen LogP) is 6.29. The molecule has 4 aromatic carbocycles. The molecule has 4 heteroatoms. The zero-order valence-corrected chi connectivity index (χ0v) is 16.5. The molecular weight excluding hydrogens is 456 g/mol. The van der Waals surface area contributed by atoms with Gasteiger partial charge in [-0.05, 0) is 70.1 Å². The Bertz CT molecular complexity index is 1190. The highest BCUT2D eigenvalue weighted by Crippen LogP contribution is 2.34. The van der Waals surface area contributed by atoms with Gasteiger partial charge >= 0.3 is 0 Å². The first-order chi connectivity index (χ1) is 12.5. The van der Waals surface area contributed by atoms with Crippen molar-refractivity contribution in [3.63, 3.8) is 0 Å². The van der Waals surface area contributed by atoms with Gasteiger partial charge in [-0.3, -0.25) is 9.59 Å². The van der Waals surface area contributed by atoms with E-state index in [1.807, 2.05) is 60.7 Å². The molecule has 0 spiro atoms. The van der Waals surface area contributed by atoms with Crippen LogP contribution in [0.4, 0.5) is 0 Å². The Morgan fingerprint density at radius 2 is 0.808 bits per heavy atom. The highest BCUT2D eigenvalue weighted by Gasteiger charge is 2.30. The van der Waals surface area contributed by atoms with E-state index < -0.39 is 0 Å². The Labute approximate surface area is 166 Å². The molecule has 2 nitrogen and oxygen atoms in total. The van der Waals surface area contributed by atoms with E-state index in [2.05, 4.69) is 31.9 Å². The van der Waals surface area contributed by atoms with Crippen molar-refractivity contribution >= 4 is 65.0 Å². The lowest BCUT2D eigenvalue weighted by Gasteiger charge is -2.19. The maximum atomic E-state index is 13.1. The van der Waals surface area contributed by atoms with Crippen molar-refractivity contribution in [1.82, 2.24) is 0 Å². The first-order valence-corrected chi connectivity index (χ1v) is 9.66. The van der Waals surface area contributed by atoms with Gasteiger partial charge < -0.3 is 0 Å². The molecule has 0 aliphatic heterocycles. The third-order valence-corrected chi connectivity index (χ3v) is 5.84. The van der Waals surface area contributed by atoms with Gasteiger partial charge in [0.1, 0.15) is 0 Å². The fourth-order valence-corrected chi connectivity index (χ4v) is 4.34. The van der Waals surface area contributed by atoms with E-state index in [1.165, 1.54) is 0 Å². The summed E-state index contributed by atoms with van der Waals surface area (Å²) >= 11 is 6.92. The molecule has 0 radical (unpaired) electrons. The lowest BCUT2D eigenvalue weighted by Crippen LogP contribution is -2.20. The predicted molar refractivity (Wildman–Crippen MR) is 110 cm³/mol. The largest absolute Gasteiger partial charge is 0.289 e. The molecular formula is C22H10Br2O2. The molecule has 4 aromatic rings. The van der Waals surface area contributed by atoms with Crippen molar-refractivity contribution in [2.75, 3.05) is 0 Å². The minimum Gasteiger partial charge on any atom is -0.289 e. The molecule has 0 fully saturated rings. The van der Waals surface area contributed by atoms with Gasteiger partial charge in [0.2, 0.25) is 0 Å². The average molecular weight is 466 g/mol. The number of hydrogen-bond acceptors (Lipinski definition) is 2. The van der Waals surface area contributed by atoms with Crippen LogP contribution in [0.15, 0.2) is 69.6 Å². The number of carbonyl (C=O) groups is 2. The Morgan fingerprint density at radius 1 is 0.462 bits per heavy atom. The smallest absolute Gasteiger partial charge is 0.194 e. The van der Waals surface area contributed by atoms with Gasteiger partial charge in [0.15, 0.2) is 11.6 Å². The Morgan fingerprint density at radius 3 is 1.19 bits per heavy atom. The van der Waals surface area contributed by atoms with Crippen LogP contribution in [0.3, 0.4) is 0 Å². The van der Waals surface area contributed by atoms with Crippen LogP contribution in [0.2, 0.25) is 0 Å². The second-order valence-corrected chi connectivity index (χ2v) is 8.27. The summed E-state index contributed by atoms with van der Waals surface area (Å²) in [5.41, 5.74) is 1.91. The van der Waals surface area contributed by atoms with Gasteiger partial charge in [-0.15, -0.1) is 0 Å². The summed E-state index contributed by atoms with van der Waals surface area (Å²) in [6.45, 7) is 0. The van der Waals surface area contributed by atoms with Crippen molar-refractivity contribution in [2.24, 2.45) is 0 Å². The number of fused-ring (bicyclic) bond motifs is 4. The van der Waals surface area contributed by atoms with Crippen LogP contribution < -0.4 is 0 Å². The maximum absolute atomic E-state index is 13.1. The molecule has 0 heterocycles. The molecule has 1 aliphatic rings. The summed E-state index contributed by atoms with van der Waals surface area (Å²) < 4.78 is 1.88. The lowest BCUT2D eigenvalue weighted by molar-refractivity contribution is 0.0979. The average Bonchev–Trinajstić information content (AvgIpc) is 2.63. The summed E-state index contributed by atoms with van der Waals surface area (Å²) in [6.07, 6.45) is 0. The van der Waals surface area contributed by atoms with E-state index >= 15 is 0 Å². The van der Waals surface area contributed by atoms with Crippen LogP contribution in [0, 0.1) is 0 Å². The normalized spacial score (nSPS) is 13.2. The maximum Gasteiger partial charge on any atom is 0.194 e. The van der Waals surface area contributed by atoms with Gasteiger partial charge in [-0.2, -0.15) is 0 Å². The molecule has 0 unspecified atom stereocenters.